The number of nitrogens with zero attached hydrogens (tertiary/aromatic N) is 1. The molecular formula is C12H22N2O3S. The number of carboxylic acids is 1. The van der Waals surface area contributed by atoms with Crippen molar-refractivity contribution in [1.82, 2.24) is 10.2 Å². The minimum absolute atomic E-state index is 0.289. The first-order chi connectivity index (χ1) is 8.45. The molecule has 2 N–H and O–H groups in total. The standard InChI is InChI=1S/C12H22N2O3S/c1-8-6-9(8)7-14(2)12(17)13-10(11(15)16)4-5-18-3/h8-10H,4-7H2,1-3H3,(H,13,17)(H,15,16)/t8?,9?,10-/m1/s1. The fraction of sp³-hybridized carbons (Fsp3) is 0.833. The molecule has 0 aromatic heterocycles. The highest BCUT2D eigenvalue weighted by Crippen LogP contribution is 2.37. The Morgan fingerprint density at radius 3 is 2.61 bits per heavy atom. The van der Waals surface area contributed by atoms with E-state index in [2.05, 4.69) is 12.2 Å². The fourth-order valence-corrected chi connectivity index (χ4v) is 2.31. The largest absolute Gasteiger partial charge is 0.480 e. The van der Waals surface area contributed by atoms with Crippen LogP contribution in [0.15, 0.2) is 0 Å². The molecule has 0 aromatic rings. The lowest BCUT2D eigenvalue weighted by molar-refractivity contribution is -0.139. The second-order valence-electron chi connectivity index (χ2n) is 4.98. The van der Waals surface area contributed by atoms with Gasteiger partial charge in [0.05, 0.1) is 0 Å². The maximum Gasteiger partial charge on any atom is 0.326 e. The van der Waals surface area contributed by atoms with E-state index in [1.807, 2.05) is 6.26 Å². The minimum Gasteiger partial charge on any atom is -0.480 e. The van der Waals surface area contributed by atoms with Crippen molar-refractivity contribution in [3.63, 3.8) is 0 Å². The lowest BCUT2D eigenvalue weighted by Gasteiger charge is -2.21. The number of aliphatic carboxylic acids is 1. The van der Waals surface area contributed by atoms with Gasteiger partial charge in [0.15, 0.2) is 0 Å². The zero-order valence-electron chi connectivity index (χ0n) is 11.2. The van der Waals surface area contributed by atoms with Gasteiger partial charge < -0.3 is 15.3 Å². The number of carboxylic acid groups (broad SMARTS) is 1. The van der Waals surface area contributed by atoms with Crippen LogP contribution in [0.2, 0.25) is 0 Å². The summed E-state index contributed by atoms with van der Waals surface area (Å²) in [6.07, 6.45) is 3.53. The van der Waals surface area contributed by atoms with Gasteiger partial charge in [0.2, 0.25) is 0 Å². The summed E-state index contributed by atoms with van der Waals surface area (Å²) in [7, 11) is 1.72. The molecular weight excluding hydrogens is 252 g/mol. The molecule has 0 aromatic carbocycles. The van der Waals surface area contributed by atoms with Gasteiger partial charge in [-0.15, -0.1) is 0 Å². The van der Waals surface area contributed by atoms with Gasteiger partial charge in [-0.1, -0.05) is 6.92 Å². The van der Waals surface area contributed by atoms with Crippen LogP contribution in [-0.2, 0) is 4.79 Å². The van der Waals surface area contributed by atoms with Crippen LogP contribution in [0.3, 0.4) is 0 Å². The average molecular weight is 274 g/mol. The molecule has 1 fully saturated rings. The Morgan fingerprint density at radius 1 is 1.56 bits per heavy atom. The van der Waals surface area contributed by atoms with E-state index in [0.717, 1.165) is 12.2 Å². The van der Waals surface area contributed by atoms with E-state index in [0.29, 0.717) is 24.8 Å². The van der Waals surface area contributed by atoms with Gasteiger partial charge in [0, 0.05) is 13.6 Å². The topological polar surface area (TPSA) is 69.6 Å². The Morgan fingerprint density at radius 2 is 2.17 bits per heavy atom. The number of nitrogens with one attached hydrogen (secondary N) is 1. The number of thioether (sulfide) groups is 1. The number of hydrogen-bond acceptors (Lipinski definition) is 3. The summed E-state index contributed by atoms with van der Waals surface area (Å²) in [5.74, 6) is 1.02. The Labute approximate surface area is 112 Å². The van der Waals surface area contributed by atoms with Crippen LogP contribution in [0.5, 0.6) is 0 Å². The van der Waals surface area contributed by atoms with E-state index in [1.54, 1.807) is 23.7 Å². The molecule has 6 heteroatoms. The first-order valence-electron chi connectivity index (χ1n) is 6.19. The van der Waals surface area contributed by atoms with Crippen molar-refractivity contribution in [2.75, 3.05) is 25.6 Å². The van der Waals surface area contributed by atoms with Crippen LogP contribution in [0.25, 0.3) is 0 Å². The Kier molecular flexibility index (Phi) is 5.78. The van der Waals surface area contributed by atoms with Crippen molar-refractivity contribution in [3.05, 3.63) is 0 Å². The van der Waals surface area contributed by atoms with Crippen LogP contribution in [-0.4, -0.2) is 53.6 Å². The van der Waals surface area contributed by atoms with Crippen molar-refractivity contribution in [3.8, 4) is 0 Å². The van der Waals surface area contributed by atoms with E-state index >= 15 is 0 Å². The normalized spacial score (nSPS) is 23.3. The van der Waals surface area contributed by atoms with E-state index < -0.39 is 12.0 Å². The molecule has 104 valence electrons. The van der Waals surface area contributed by atoms with Crippen molar-refractivity contribution < 1.29 is 14.7 Å². The molecule has 3 atom stereocenters. The fourth-order valence-electron chi connectivity index (χ4n) is 1.84. The van der Waals surface area contributed by atoms with E-state index in [1.165, 1.54) is 0 Å². The third kappa shape index (κ3) is 4.76. The second-order valence-corrected chi connectivity index (χ2v) is 5.96. The Hall–Kier alpha value is -0.910. The minimum atomic E-state index is -0.967. The third-order valence-corrected chi connectivity index (χ3v) is 3.98. The molecule has 18 heavy (non-hydrogen) atoms. The van der Waals surface area contributed by atoms with Gasteiger partial charge in [0.25, 0.3) is 0 Å². The van der Waals surface area contributed by atoms with Crippen molar-refractivity contribution in [2.24, 2.45) is 11.8 Å². The SMILES string of the molecule is CSCC[C@@H](NC(=O)N(C)CC1CC1C)C(=O)O. The highest BCUT2D eigenvalue weighted by Gasteiger charge is 2.34. The van der Waals surface area contributed by atoms with Gasteiger partial charge in [-0.25, -0.2) is 9.59 Å². The van der Waals surface area contributed by atoms with Gasteiger partial charge in [-0.2, -0.15) is 11.8 Å². The summed E-state index contributed by atoms with van der Waals surface area (Å²) >= 11 is 1.58. The predicted molar refractivity (Wildman–Crippen MR) is 72.9 cm³/mol. The van der Waals surface area contributed by atoms with Crippen molar-refractivity contribution in [2.45, 2.75) is 25.8 Å². The molecule has 1 aliphatic carbocycles. The maximum atomic E-state index is 11.8. The predicted octanol–water partition coefficient (Wildman–Crippen LogP) is 1.49. The molecule has 1 saturated carbocycles. The van der Waals surface area contributed by atoms with Crippen LogP contribution in [0.4, 0.5) is 4.79 Å². The smallest absolute Gasteiger partial charge is 0.326 e. The first-order valence-corrected chi connectivity index (χ1v) is 7.58. The van der Waals surface area contributed by atoms with Crippen LogP contribution in [0, 0.1) is 11.8 Å². The zero-order chi connectivity index (χ0) is 13.7. The van der Waals surface area contributed by atoms with E-state index in [9.17, 15) is 9.59 Å². The van der Waals surface area contributed by atoms with Crippen molar-refractivity contribution >= 4 is 23.8 Å². The molecule has 0 radical (unpaired) electrons. The lowest BCUT2D eigenvalue weighted by Crippen LogP contribution is -2.47. The molecule has 2 unspecified atom stereocenters. The van der Waals surface area contributed by atoms with Gasteiger partial charge in [-0.3, -0.25) is 0 Å². The number of amides is 2. The molecule has 0 heterocycles. The zero-order valence-corrected chi connectivity index (χ0v) is 12.0. The third-order valence-electron chi connectivity index (χ3n) is 3.34. The van der Waals surface area contributed by atoms with E-state index in [4.69, 9.17) is 5.11 Å². The molecule has 1 aliphatic rings. The number of urea groups is 1. The van der Waals surface area contributed by atoms with Gasteiger partial charge in [0.1, 0.15) is 6.04 Å². The number of rotatable bonds is 7. The highest BCUT2D eigenvalue weighted by molar-refractivity contribution is 7.98. The average Bonchev–Trinajstić information content (AvgIpc) is 2.99. The molecule has 5 nitrogen and oxygen atoms in total. The molecule has 0 bridgehead atoms. The maximum absolute atomic E-state index is 11.8. The van der Waals surface area contributed by atoms with Gasteiger partial charge in [-0.05, 0) is 36.7 Å². The highest BCUT2D eigenvalue weighted by atomic mass is 32.2. The summed E-state index contributed by atoms with van der Waals surface area (Å²) in [6.45, 7) is 2.87. The molecule has 1 rings (SSSR count). The van der Waals surface area contributed by atoms with Crippen LogP contribution in [0.1, 0.15) is 19.8 Å². The van der Waals surface area contributed by atoms with Gasteiger partial charge >= 0.3 is 12.0 Å². The summed E-state index contributed by atoms with van der Waals surface area (Å²) < 4.78 is 0. The number of carbonyl (C=O) groups is 2. The Bertz CT molecular complexity index is 312. The quantitative estimate of drug-likeness (QED) is 0.738. The van der Waals surface area contributed by atoms with Crippen LogP contribution >= 0.6 is 11.8 Å². The number of carbonyl (C=O) groups excluding carboxylic acids is 1. The molecule has 0 spiro atoms. The molecule has 0 saturated heterocycles. The summed E-state index contributed by atoms with van der Waals surface area (Å²) in [4.78, 5) is 24.4. The lowest BCUT2D eigenvalue weighted by atomic mass is 10.2. The van der Waals surface area contributed by atoms with E-state index in [-0.39, 0.29) is 6.03 Å². The van der Waals surface area contributed by atoms with Crippen molar-refractivity contribution in [1.29, 1.82) is 0 Å². The molecule has 2 amide bonds. The summed E-state index contributed by atoms with van der Waals surface area (Å²) in [6, 6.07) is -1.08. The van der Waals surface area contributed by atoms with Crippen LogP contribution < -0.4 is 5.32 Å². The first kappa shape index (κ1) is 15.1. The second kappa shape index (κ2) is 6.87. The Balaban J connectivity index is 2.36. The molecule has 0 aliphatic heterocycles. The summed E-state index contributed by atoms with van der Waals surface area (Å²) in [5.41, 5.74) is 0. The number of hydrogen-bond donors (Lipinski definition) is 2. The monoisotopic (exact) mass is 274 g/mol. The summed E-state index contributed by atoms with van der Waals surface area (Å²) in [5, 5.41) is 11.6.